The smallest absolute Gasteiger partial charge is 0.293 e. The highest BCUT2D eigenvalue weighted by Crippen LogP contribution is 2.36. The number of hydrogen-bond acceptors (Lipinski definition) is 6. The molecule has 6 rings (SSSR count). The van der Waals surface area contributed by atoms with Gasteiger partial charge in [-0.15, -0.1) is 10.2 Å². The van der Waals surface area contributed by atoms with E-state index in [0.717, 1.165) is 43.4 Å². The standard InChI is InChI=1S/C23H22FN5O3/c24-17-2-1-3-18(8-17)25-23(30)22-27-26-21-7-15-10-28(11-16(15)12-29(21)22)9-14-4-5-19-20(6-14)32-13-31-19/h1-6,8,15-16H,7,9-13H2,(H,25,30)/t15-,16-/m0/s1. The molecular weight excluding hydrogens is 413 g/mol. The number of fused-ring (bicyclic) bond motifs is 3. The lowest BCUT2D eigenvalue weighted by atomic mass is 9.89. The van der Waals surface area contributed by atoms with E-state index in [-0.39, 0.29) is 18.5 Å². The van der Waals surface area contributed by atoms with Crippen molar-refractivity contribution in [3.63, 3.8) is 0 Å². The molecule has 0 unspecified atom stereocenters. The van der Waals surface area contributed by atoms with Crippen molar-refractivity contribution >= 4 is 11.6 Å². The molecule has 0 radical (unpaired) electrons. The number of rotatable bonds is 4. The molecule has 8 nitrogen and oxygen atoms in total. The molecule has 9 heteroatoms. The summed E-state index contributed by atoms with van der Waals surface area (Å²) in [5.41, 5.74) is 1.60. The van der Waals surface area contributed by atoms with Crippen molar-refractivity contribution in [2.75, 3.05) is 25.2 Å². The molecule has 4 heterocycles. The third-order valence-electron chi connectivity index (χ3n) is 6.47. The molecule has 3 aliphatic rings. The van der Waals surface area contributed by atoms with Crippen LogP contribution in [0.1, 0.15) is 22.0 Å². The van der Waals surface area contributed by atoms with Gasteiger partial charge in [-0.05, 0) is 47.7 Å². The fourth-order valence-corrected chi connectivity index (χ4v) is 4.97. The van der Waals surface area contributed by atoms with E-state index in [4.69, 9.17) is 9.47 Å². The third-order valence-corrected chi connectivity index (χ3v) is 6.47. The molecule has 2 aromatic carbocycles. The molecule has 0 bridgehead atoms. The minimum absolute atomic E-state index is 0.275. The number of nitrogens with one attached hydrogen (secondary N) is 1. The van der Waals surface area contributed by atoms with Gasteiger partial charge in [0.2, 0.25) is 12.6 Å². The second-order valence-corrected chi connectivity index (χ2v) is 8.62. The van der Waals surface area contributed by atoms with Crippen LogP contribution in [-0.4, -0.2) is 45.5 Å². The number of nitrogens with zero attached hydrogens (tertiary/aromatic N) is 4. The topological polar surface area (TPSA) is 81.5 Å². The summed E-state index contributed by atoms with van der Waals surface area (Å²) in [5, 5.41) is 11.1. The molecule has 3 aromatic rings. The van der Waals surface area contributed by atoms with Crippen LogP contribution in [0.3, 0.4) is 0 Å². The van der Waals surface area contributed by atoms with E-state index >= 15 is 0 Å². The molecule has 1 aromatic heterocycles. The lowest BCUT2D eigenvalue weighted by molar-refractivity contribution is 0.100. The molecule has 164 valence electrons. The number of amides is 1. The quantitative estimate of drug-likeness (QED) is 0.679. The zero-order chi connectivity index (χ0) is 21.7. The second-order valence-electron chi connectivity index (χ2n) is 8.62. The number of benzene rings is 2. The maximum Gasteiger partial charge on any atom is 0.293 e. The number of aromatic nitrogens is 3. The molecule has 1 N–H and O–H groups in total. The fourth-order valence-electron chi connectivity index (χ4n) is 4.97. The molecule has 0 aliphatic carbocycles. The zero-order valence-electron chi connectivity index (χ0n) is 17.3. The Balaban J connectivity index is 1.14. The van der Waals surface area contributed by atoms with Crippen LogP contribution in [0.2, 0.25) is 0 Å². The molecular formula is C23H22FN5O3. The van der Waals surface area contributed by atoms with E-state index in [9.17, 15) is 9.18 Å². The Bertz CT molecular complexity index is 1200. The maximum absolute atomic E-state index is 13.4. The zero-order valence-corrected chi connectivity index (χ0v) is 17.3. The molecule has 1 saturated heterocycles. The van der Waals surface area contributed by atoms with Gasteiger partial charge in [0, 0.05) is 38.3 Å². The summed E-state index contributed by atoms with van der Waals surface area (Å²) in [6, 6.07) is 11.9. The number of anilines is 1. The Morgan fingerprint density at radius 1 is 1.06 bits per heavy atom. The van der Waals surface area contributed by atoms with Gasteiger partial charge in [0.25, 0.3) is 5.91 Å². The van der Waals surface area contributed by atoms with Crippen LogP contribution in [0.5, 0.6) is 11.5 Å². The third kappa shape index (κ3) is 3.48. The van der Waals surface area contributed by atoms with Crippen LogP contribution in [0.4, 0.5) is 10.1 Å². The highest BCUT2D eigenvalue weighted by atomic mass is 19.1. The van der Waals surface area contributed by atoms with Crippen molar-refractivity contribution in [1.29, 1.82) is 0 Å². The van der Waals surface area contributed by atoms with Crippen LogP contribution in [0.25, 0.3) is 0 Å². The number of likely N-dealkylation sites (tertiary alicyclic amines) is 1. The molecule has 0 spiro atoms. The van der Waals surface area contributed by atoms with Crippen LogP contribution < -0.4 is 14.8 Å². The first-order valence-electron chi connectivity index (χ1n) is 10.7. The maximum atomic E-state index is 13.4. The summed E-state index contributed by atoms with van der Waals surface area (Å²) in [5.74, 6) is 2.85. The first-order chi connectivity index (χ1) is 15.6. The predicted molar refractivity (Wildman–Crippen MR) is 113 cm³/mol. The van der Waals surface area contributed by atoms with E-state index in [1.807, 2.05) is 16.7 Å². The second kappa shape index (κ2) is 7.59. The van der Waals surface area contributed by atoms with Gasteiger partial charge in [0.1, 0.15) is 11.6 Å². The van der Waals surface area contributed by atoms with Gasteiger partial charge in [0.15, 0.2) is 11.5 Å². The highest BCUT2D eigenvalue weighted by molar-refractivity contribution is 6.01. The minimum atomic E-state index is -0.401. The first-order valence-corrected chi connectivity index (χ1v) is 10.7. The van der Waals surface area contributed by atoms with Crippen LogP contribution in [0.15, 0.2) is 42.5 Å². The lowest BCUT2D eigenvalue weighted by Crippen LogP contribution is -2.31. The first kappa shape index (κ1) is 19.2. The number of ether oxygens (including phenoxy) is 2. The van der Waals surface area contributed by atoms with Crippen molar-refractivity contribution in [3.05, 3.63) is 65.5 Å². The average Bonchev–Trinajstić information content (AvgIpc) is 3.49. The fraction of sp³-hybridized carbons (Fsp3) is 0.348. The van der Waals surface area contributed by atoms with Crippen molar-refractivity contribution in [1.82, 2.24) is 19.7 Å². The molecule has 1 fully saturated rings. The Morgan fingerprint density at radius 2 is 1.94 bits per heavy atom. The van der Waals surface area contributed by atoms with E-state index in [0.29, 0.717) is 24.1 Å². The van der Waals surface area contributed by atoms with Crippen molar-refractivity contribution in [3.8, 4) is 11.5 Å². The number of hydrogen-bond donors (Lipinski definition) is 1. The summed E-state index contributed by atoms with van der Waals surface area (Å²) in [6.07, 6.45) is 0.794. The Hall–Kier alpha value is -3.46. The van der Waals surface area contributed by atoms with Crippen molar-refractivity contribution in [2.24, 2.45) is 11.8 Å². The molecule has 3 aliphatic heterocycles. The Morgan fingerprint density at radius 3 is 2.84 bits per heavy atom. The summed E-state index contributed by atoms with van der Waals surface area (Å²) in [6.45, 7) is 3.76. The van der Waals surface area contributed by atoms with Gasteiger partial charge in [-0.3, -0.25) is 9.69 Å². The number of carbonyl (C=O) groups is 1. The van der Waals surface area contributed by atoms with Gasteiger partial charge in [-0.2, -0.15) is 0 Å². The predicted octanol–water partition coefficient (Wildman–Crippen LogP) is 2.70. The summed E-state index contributed by atoms with van der Waals surface area (Å²) in [7, 11) is 0. The molecule has 0 saturated carbocycles. The Kier molecular flexibility index (Phi) is 4.57. The SMILES string of the molecule is O=C(Nc1cccc(F)c1)c1nnc2n1C[C@@H]1CN(Cc3ccc4c(c3)OCO4)C[C@@H]1C2. The summed E-state index contributed by atoms with van der Waals surface area (Å²) in [4.78, 5) is 15.2. The highest BCUT2D eigenvalue weighted by Gasteiger charge is 2.39. The van der Waals surface area contributed by atoms with Crippen LogP contribution in [0, 0.1) is 17.7 Å². The van der Waals surface area contributed by atoms with Gasteiger partial charge in [-0.25, -0.2) is 4.39 Å². The van der Waals surface area contributed by atoms with E-state index in [1.165, 1.54) is 17.7 Å². The summed E-state index contributed by atoms with van der Waals surface area (Å²) >= 11 is 0. The molecule has 2 atom stereocenters. The molecule has 1 amide bonds. The number of carbonyl (C=O) groups excluding carboxylic acids is 1. The van der Waals surface area contributed by atoms with E-state index in [1.54, 1.807) is 12.1 Å². The normalized spacial score (nSPS) is 21.3. The number of halogens is 1. The van der Waals surface area contributed by atoms with E-state index in [2.05, 4.69) is 26.5 Å². The molecule has 32 heavy (non-hydrogen) atoms. The monoisotopic (exact) mass is 435 g/mol. The lowest BCUT2D eigenvalue weighted by Gasteiger charge is -2.25. The average molecular weight is 435 g/mol. The minimum Gasteiger partial charge on any atom is -0.454 e. The van der Waals surface area contributed by atoms with E-state index < -0.39 is 5.82 Å². The Labute approximate surface area is 184 Å². The largest absolute Gasteiger partial charge is 0.454 e. The van der Waals surface area contributed by atoms with Crippen LogP contribution >= 0.6 is 0 Å². The van der Waals surface area contributed by atoms with Gasteiger partial charge < -0.3 is 19.4 Å². The van der Waals surface area contributed by atoms with Gasteiger partial charge >= 0.3 is 0 Å². The summed E-state index contributed by atoms with van der Waals surface area (Å²) < 4.78 is 26.2. The van der Waals surface area contributed by atoms with Crippen LogP contribution in [-0.2, 0) is 19.5 Å². The van der Waals surface area contributed by atoms with Crippen molar-refractivity contribution in [2.45, 2.75) is 19.5 Å². The van der Waals surface area contributed by atoms with Gasteiger partial charge in [0.05, 0.1) is 0 Å². The van der Waals surface area contributed by atoms with Gasteiger partial charge in [-0.1, -0.05) is 12.1 Å². The van der Waals surface area contributed by atoms with Crippen molar-refractivity contribution < 1.29 is 18.7 Å².